The molecule has 1 fully saturated rings. The number of aliphatic hydroxyl groups excluding tert-OH is 1. The molecule has 3 rings (SSSR count). The lowest BCUT2D eigenvalue weighted by Gasteiger charge is -2.27. The number of hydrogen-bond donors (Lipinski definition) is 1. The number of pyridine rings is 1. The molecule has 0 spiro atoms. The Labute approximate surface area is 142 Å². The third-order valence-electron chi connectivity index (χ3n) is 4.38. The Morgan fingerprint density at radius 1 is 1.00 bits per heavy atom. The van der Waals surface area contributed by atoms with Crippen molar-refractivity contribution >= 4 is 0 Å². The topological polar surface area (TPSA) is 60.8 Å². The second-order valence-corrected chi connectivity index (χ2v) is 6.00. The number of rotatable bonds is 5. The Bertz CT molecular complexity index is 664. The third kappa shape index (κ3) is 3.79. The van der Waals surface area contributed by atoms with Crippen molar-refractivity contribution in [2.75, 3.05) is 14.2 Å². The molecule has 1 aliphatic carbocycles. The van der Waals surface area contributed by atoms with Gasteiger partial charge in [-0.2, -0.15) is 0 Å². The number of nitrogens with zero attached hydrogens (tertiary/aromatic N) is 1. The van der Waals surface area contributed by atoms with Crippen molar-refractivity contribution in [1.82, 2.24) is 4.98 Å². The Balaban J connectivity index is 1.87. The van der Waals surface area contributed by atoms with Crippen LogP contribution >= 0.6 is 0 Å². The van der Waals surface area contributed by atoms with Gasteiger partial charge in [0, 0.05) is 29.5 Å². The minimum atomic E-state index is -0.194. The van der Waals surface area contributed by atoms with Gasteiger partial charge >= 0.3 is 0 Å². The van der Waals surface area contributed by atoms with Gasteiger partial charge in [0.2, 0.25) is 5.88 Å². The number of aliphatic hydroxyl groups is 1. The maximum Gasteiger partial charge on any atom is 0.212 e. The zero-order valence-corrected chi connectivity index (χ0v) is 14.1. The molecular weight excluding hydrogens is 306 g/mol. The Hall–Kier alpha value is -2.27. The van der Waals surface area contributed by atoms with Crippen LogP contribution in [0.3, 0.4) is 0 Å². The minimum Gasteiger partial charge on any atom is -0.497 e. The highest BCUT2D eigenvalue weighted by Crippen LogP contribution is 2.36. The summed E-state index contributed by atoms with van der Waals surface area (Å²) in [6.07, 6.45) is 4.99. The average Bonchev–Trinajstić information content (AvgIpc) is 2.63. The highest BCUT2D eigenvalue weighted by molar-refractivity contribution is 5.71. The number of benzene rings is 1. The smallest absolute Gasteiger partial charge is 0.212 e. The monoisotopic (exact) mass is 329 g/mol. The van der Waals surface area contributed by atoms with E-state index in [0.717, 1.165) is 48.3 Å². The second kappa shape index (κ2) is 7.53. The van der Waals surface area contributed by atoms with Crippen molar-refractivity contribution in [1.29, 1.82) is 0 Å². The molecule has 2 aromatic rings. The summed E-state index contributed by atoms with van der Waals surface area (Å²) in [7, 11) is 3.24. The van der Waals surface area contributed by atoms with Crippen molar-refractivity contribution in [3.63, 3.8) is 0 Å². The fraction of sp³-hybridized carbons (Fsp3) is 0.421. The molecule has 24 heavy (non-hydrogen) atoms. The lowest BCUT2D eigenvalue weighted by molar-refractivity contribution is 0.0667. The maximum atomic E-state index is 9.66. The summed E-state index contributed by atoms with van der Waals surface area (Å²) in [6.45, 7) is 0. The van der Waals surface area contributed by atoms with Gasteiger partial charge in [0.05, 0.1) is 26.4 Å². The number of aromatic nitrogens is 1. The lowest BCUT2D eigenvalue weighted by atomic mass is 9.95. The molecule has 0 atom stereocenters. The summed E-state index contributed by atoms with van der Waals surface area (Å²) < 4.78 is 16.7. The van der Waals surface area contributed by atoms with E-state index in [4.69, 9.17) is 14.2 Å². The van der Waals surface area contributed by atoms with Crippen molar-refractivity contribution in [3.8, 4) is 28.5 Å². The molecule has 0 bridgehead atoms. The Kier molecular flexibility index (Phi) is 5.20. The van der Waals surface area contributed by atoms with Crippen LogP contribution in [0.1, 0.15) is 25.7 Å². The van der Waals surface area contributed by atoms with Gasteiger partial charge in [-0.1, -0.05) is 0 Å². The molecule has 1 aromatic carbocycles. The normalized spacial score (nSPS) is 20.5. The van der Waals surface area contributed by atoms with Crippen LogP contribution in [0.25, 0.3) is 11.1 Å². The molecule has 1 N–H and O–H groups in total. The summed E-state index contributed by atoms with van der Waals surface area (Å²) in [5.74, 6) is 2.12. The number of ether oxygens (including phenoxy) is 3. The van der Waals surface area contributed by atoms with Gasteiger partial charge in [-0.05, 0) is 43.9 Å². The predicted molar refractivity (Wildman–Crippen MR) is 91.7 cm³/mol. The minimum absolute atomic E-state index is 0.116. The molecule has 128 valence electrons. The largest absolute Gasteiger partial charge is 0.497 e. The van der Waals surface area contributed by atoms with E-state index in [9.17, 15) is 5.11 Å². The van der Waals surface area contributed by atoms with Crippen molar-refractivity contribution in [2.24, 2.45) is 0 Å². The number of hydrogen-bond acceptors (Lipinski definition) is 5. The van der Waals surface area contributed by atoms with Crippen LogP contribution in [-0.4, -0.2) is 36.5 Å². The first-order valence-electron chi connectivity index (χ1n) is 8.22. The molecule has 5 nitrogen and oxygen atoms in total. The summed E-state index contributed by atoms with van der Waals surface area (Å²) in [4.78, 5) is 4.27. The van der Waals surface area contributed by atoms with E-state index in [2.05, 4.69) is 4.98 Å². The summed E-state index contributed by atoms with van der Waals surface area (Å²) in [6, 6.07) is 9.60. The molecule has 1 aromatic heterocycles. The highest BCUT2D eigenvalue weighted by Gasteiger charge is 2.22. The standard InChI is InChI=1S/C19H23NO4/c1-22-16-8-9-17(13-3-10-19(23-2)20-12-13)18(11-16)24-15-6-4-14(21)5-7-15/h3,8-12,14-15,21H,4-7H2,1-2H3. The second-order valence-electron chi connectivity index (χ2n) is 6.00. The molecule has 0 aliphatic heterocycles. The Morgan fingerprint density at radius 3 is 2.42 bits per heavy atom. The van der Waals surface area contributed by atoms with Gasteiger partial charge in [0.1, 0.15) is 11.5 Å². The van der Waals surface area contributed by atoms with Gasteiger partial charge in [-0.25, -0.2) is 4.98 Å². The van der Waals surface area contributed by atoms with Gasteiger partial charge in [0.15, 0.2) is 0 Å². The predicted octanol–water partition coefficient (Wildman–Crippen LogP) is 3.45. The van der Waals surface area contributed by atoms with Crippen molar-refractivity contribution in [3.05, 3.63) is 36.5 Å². The summed E-state index contributed by atoms with van der Waals surface area (Å²) >= 11 is 0. The van der Waals surface area contributed by atoms with E-state index in [-0.39, 0.29) is 12.2 Å². The van der Waals surface area contributed by atoms with Crippen molar-refractivity contribution < 1.29 is 19.3 Å². The van der Waals surface area contributed by atoms with Crippen LogP contribution < -0.4 is 14.2 Å². The van der Waals surface area contributed by atoms with E-state index in [1.807, 2.05) is 30.3 Å². The highest BCUT2D eigenvalue weighted by atomic mass is 16.5. The fourth-order valence-corrected chi connectivity index (χ4v) is 2.97. The molecule has 1 heterocycles. The molecule has 1 aliphatic rings. The van der Waals surface area contributed by atoms with E-state index in [1.54, 1.807) is 20.4 Å². The van der Waals surface area contributed by atoms with Crippen LogP contribution in [0.15, 0.2) is 36.5 Å². The van der Waals surface area contributed by atoms with Crippen LogP contribution in [0.5, 0.6) is 17.4 Å². The molecule has 5 heteroatoms. The zero-order chi connectivity index (χ0) is 16.9. The molecule has 1 saturated carbocycles. The van der Waals surface area contributed by atoms with Crippen LogP contribution in [0.2, 0.25) is 0 Å². The zero-order valence-electron chi connectivity index (χ0n) is 14.1. The third-order valence-corrected chi connectivity index (χ3v) is 4.38. The molecule has 0 amide bonds. The first kappa shape index (κ1) is 16.6. The van der Waals surface area contributed by atoms with Gasteiger partial charge in [-0.15, -0.1) is 0 Å². The van der Waals surface area contributed by atoms with E-state index in [1.165, 1.54) is 0 Å². The first-order chi connectivity index (χ1) is 11.7. The van der Waals surface area contributed by atoms with Gasteiger partial charge in [-0.3, -0.25) is 0 Å². The first-order valence-corrected chi connectivity index (χ1v) is 8.22. The summed E-state index contributed by atoms with van der Waals surface area (Å²) in [5.41, 5.74) is 1.93. The lowest BCUT2D eigenvalue weighted by Crippen LogP contribution is -2.26. The van der Waals surface area contributed by atoms with E-state index < -0.39 is 0 Å². The van der Waals surface area contributed by atoms with Gasteiger partial charge in [0.25, 0.3) is 0 Å². The SMILES string of the molecule is COc1ccc(-c2ccc(OC)nc2)c(OC2CCC(O)CC2)c1. The van der Waals surface area contributed by atoms with Gasteiger partial charge < -0.3 is 19.3 Å². The quantitative estimate of drug-likeness (QED) is 0.910. The molecular formula is C19H23NO4. The molecule has 0 saturated heterocycles. The van der Waals surface area contributed by atoms with E-state index >= 15 is 0 Å². The van der Waals surface area contributed by atoms with E-state index in [0.29, 0.717) is 5.88 Å². The Morgan fingerprint density at radius 2 is 1.79 bits per heavy atom. The fourth-order valence-electron chi connectivity index (χ4n) is 2.97. The molecule has 0 unspecified atom stereocenters. The number of methoxy groups -OCH3 is 2. The van der Waals surface area contributed by atoms with Crippen LogP contribution in [0.4, 0.5) is 0 Å². The average molecular weight is 329 g/mol. The molecule has 0 radical (unpaired) electrons. The summed E-state index contributed by atoms with van der Waals surface area (Å²) in [5, 5.41) is 9.66. The maximum absolute atomic E-state index is 9.66. The van der Waals surface area contributed by atoms with Crippen LogP contribution in [0, 0.1) is 0 Å². The van der Waals surface area contributed by atoms with Crippen LogP contribution in [-0.2, 0) is 0 Å². The van der Waals surface area contributed by atoms with Crippen molar-refractivity contribution in [2.45, 2.75) is 37.9 Å².